The monoisotopic (exact) mass is 509 g/mol. The van der Waals surface area contributed by atoms with Gasteiger partial charge in [0.2, 0.25) is 5.88 Å². The highest BCUT2D eigenvalue weighted by atomic mass is 35.5. The van der Waals surface area contributed by atoms with Crippen LogP contribution in [0.5, 0.6) is 11.6 Å². The number of benzene rings is 1. The molecule has 0 unspecified atom stereocenters. The van der Waals surface area contributed by atoms with Crippen molar-refractivity contribution in [3.05, 3.63) is 64.9 Å². The number of nitrogens with zero attached hydrogens (tertiary/aromatic N) is 4. The number of piperidine rings is 1. The number of halogens is 1. The van der Waals surface area contributed by atoms with Gasteiger partial charge in [-0.25, -0.2) is 9.78 Å². The third-order valence-electron chi connectivity index (χ3n) is 6.21. The fourth-order valence-electron chi connectivity index (χ4n) is 4.35. The third-order valence-corrected chi connectivity index (χ3v) is 6.46. The normalized spacial score (nSPS) is 18.8. The smallest absolute Gasteiger partial charge is 0.410 e. The maximum atomic E-state index is 13.1. The lowest BCUT2D eigenvalue weighted by Crippen LogP contribution is -2.44. The van der Waals surface area contributed by atoms with Crippen LogP contribution in [0.25, 0.3) is 11.3 Å². The lowest BCUT2D eigenvalue weighted by atomic mass is 10.0. The highest BCUT2D eigenvalue weighted by Crippen LogP contribution is 2.35. The van der Waals surface area contributed by atoms with Crippen LogP contribution in [0, 0.1) is 0 Å². The predicted octanol–water partition coefficient (Wildman–Crippen LogP) is 3.49. The first-order chi connectivity index (χ1) is 17.5. The van der Waals surface area contributed by atoms with Crippen LogP contribution in [0.1, 0.15) is 28.8 Å². The zero-order valence-corrected chi connectivity index (χ0v) is 20.3. The third kappa shape index (κ3) is 5.03. The number of aromatic nitrogens is 3. The molecule has 2 aliphatic heterocycles. The largest absolute Gasteiger partial charge is 0.488 e. The van der Waals surface area contributed by atoms with E-state index in [1.54, 1.807) is 41.6 Å². The fraction of sp³-hybridized carbons (Fsp3) is 0.320. The summed E-state index contributed by atoms with van der Waals surface area (Å²) in [6.45, 7) is 1.19. The highest BCUT2D eigenvalue weighted by Gasteiger charge is 2.39. The molecule has 186 valence electrons. The Morgan fingerprint density at radius 1 is 1.25 bits per heavy atom. The summed E-state index contributed by atoms with van der Waals surface area (Å²) >= 11 is 5.95. The van der Waals surface area contributed by atoms with Crippen molar-refractivity contribution < 1.29 is 23.8 Å². The molecular weight excluding hydrogens is 486 g/mol. The van der Waals surface area contributed by atoms with Gasteiger partial charge in [0, 0.05) is 42.6 Å². The van der Waals surface area contributed by atoms with Gasteiger partial charge in [-0.15, -0.1) is 0 Å². The first kappa shape index (κ1) is 23.8. The molecule has 1 N–H and O–H groups in total. The van der Waals surface area contributed by atoms with Crippen LogP contribution in [0.4, 0.5) is 4.79 Å². The van der Waals surface area contributed by atoms with Crippen LogP contribution >= 0.6 is 11.6 Å². The van der Waals surface area contributed by atoms with Gasteiger partial charge in [0.15, 0.2) is 0 Å². The molecule has 2 atom stereocenters. The summed E-state index contributed by atoms with van der Waals surface area (Å²) in [4.78, 5) is 31.3. The van der Waals surface area contributed by atoms with Crippen LogP contribution in [-0.4, -0.2) is 64.5 Å². The van der Waals surface area contributed by atoms with E-state index in [0.717, 1.165) is 5.56 Å². The number of methoxy groups -OCH3 is 1. The van der Waals surface area contributed by atoms with Crippen LogP contribution in [-0.2, 0) is 11.3 Å². The van der Waals surface area contributed by atoms with Gasteiger partial charge in [0.05, 0.1) is 25.5 Å². The summed E-state index contributed by atoms with van der Waals surface area (Å²) < 4.78 is 17.0. The van der Waals surface area contributed by atoms with Crippen molar-refractivity contribution in [3.8, 4) is 22.9 Å². The zero-order chi connectivity index (χ0) is 25.1. The van der Waals surface area contributed by atoms with Crippen LogP contribution < -0.4 is 14.8 Å². The molecule has 2 aromatic heterocycles. The van der Waals surface area contributed by atoms with Gasteiger partial charge in [0.25, 0.3) is 5.91 Å². The van der Waals surface area contributed by atoms with E-state index in [9.17, 15) is 9.59 Å². The number of carbonyl (C=O) groups excluding carboxylic acids is 2. The van der Waals surface area contributed by atoms with Crippen molar-refractivity contribution >= 4 is 23.6 Å². The molecule has 1 aromatic carbocycles. The number of rotatable bonds is 7. The average Bonchev–Trinajstić information content (AvgIpc) is 3.28. The minimum atomic E-state index is -0.358. The van der Waals surface area contributed by atoms with Gasteiger partial charge in [-0.3, -0.25) is 4.79 Å². The van der Waals surface area contributed by atoms with Crippen molar-refractivity contribution in [2.75, 3.05) is 20.3 Å². The first-order valence-corrected chi connectivity index (χ1v) is 11.9. The zero-order valence-electron chi connectivity index (χ0n) is 19.5. The number of hydrogen-bond acceptors (Lipinski definition) is 8. The summed E-state index contributed by atoms with van der Waals surface area (Å²) in [5, 5.41) is 11.3. The van der Waals surface area contributed by atoms with Gasteiger partial charge in [-0.2, -0.15) is 10.2 Å². The Morgan fingerprint density at radius 3 is 2.83 bits per heavy atom. The minimum absolute atomic E-state index is 0.0318. The van der Waals surface area contributed by atoms with Crippen molar-refractivity contribution in [2.45, 2.75) is 31.5 Å². The number of carbonyl (C=O) groups is 2. The van der Waals surface area contributed by atoms with E-state index in [2.05, 4.69) is 20.5 Å². The Kier molecular flexibility index (Phi) is 6.86. The van der Waals surface area contributed by atoms with Crippen molar-refractivity contribution in [2.24, 2.45) is 0 Å². The summed E-state index contributed by atoms with van der Waals surface area (Å²) in [5.41, 5.74) is 2.29. The lowest BCUT2D eigenvalue weighted by molar-refractivity contribution is 0.0913. The van der Waals surface area contributed by atoms with Gasteiger partial charge >= 0.3 is 6.09 Å². The summed E-state index contributed by atoms with van der Waals surface area (Å²) in [6, 6.07) is 10.6. The summed E-state index contributed by atoms with van der Waals surface area (Å²) in [7, 11) is 1.46. The molecule has 36 heavy (non-hydrogen) atoms. The molecule has 10 nitrogen and oxygen atoms in total. The number of ether oxygens (including phenoxy) is 3. The molecule has 4 heterocycles. The molecule has 0 spiro atoms. The topological polar surface area (TPSA) is 116 Å². The second-order valence-electron chi connectivity index (χ2n) is 8.52. The quantitative estimate of drug-likeness (QED) is 0.514. The van der Waals surface area contributed by atoms with E-state index >= 15 is 0 Å². The number of fused-ring (bicyclic) bond motifs is 1. The molecule has 0 bridgehead atoms. The van der Waals surface area contributed by atoms with E-state index in [-0.39, 0.29) is 35.6 Å². The van der Waals surface area contributed by atoms with Crippen molar-refractivity contribution in [1.29, 1.82) is 0 Å². The van der Waals surface area contributed by atoms with E-state index in [0.29, 0.717) is 54.6 Å². The fourth-order valence-corrected chi connectivity index (χ4v) is 4.48. The van der Waals surface area contributed by atoms with Gasteiger partial charge in [-0.1, -0.05) is 23.7 Å². The van der Waals surface area contributed by atoms with Crippen molar-refractivity contribution in [1.82, 2.24) is 25.4 Å². The number of hydrogen-bond donors (Lipinski definition) is 1. The molecule has 2 amide bonds. The molecule has 0 radical (unpaired) electrons. The standard InChI is InChI=1S/C25H24ClN5O5/c1-34-24-20(23(32)27-12-15-2-4-17(26)5-3-15)11-21(22(30-24)16-6-8-28-29-13-16)36-19-7-9-31-18(10-19)14-35-25(31)33/h2-6,8,11,13,18-19H,7,9-10,12,14H2,1H3,(H,27,32)/t18-,19-/m0/s1. The van der Waals surface area contributed by atoms with E-state index in [1.165, 1.54) is 7.11 Å². The summed E-state index contributed by atoms with van der Waals surface area (Å²) in [5.74, 6) is 0.222. The Morgan fingerprint density at radius 2 is 2.08 bits per heavy atom. The Labute approximate surface area is 212 Å². The molecule has 0 saturated carbocycles. The minimum Gasteiger partial charge on any atom is -0.488 e. The molecule has 11 heteroatoms. The van der Waals surface area contributed by atoms with E-state index < -0.39 is 0 Å². The number of cyclic esters (lactones) is 1. The number of nitrogens with one attached hydrogen (secondary N) is 1. The first-order valence-electron chi connectivity index (χ1n) is 11.5. The van der Waals surface area contributed by atoms with Crippen LogP contribution in [0.2, 0.25) is 5.02 Å². The molecule has 2 saturated heterocycles. The highest BCUT2D eigenvalue weighted by molar-refractivity contribution is 6.30. The second kappa shape index (κ2) is 10.4. The number of amides is 2. The molecular formula is C25H24ClN5O5. The van der Waals surface area contributed by atoms with Gasteiger partial charge in [-0.05, 0) is 23.8 Å². The lowest BCUT2D eigenvalue weighted by Gasteiger charge is -2.33. The molecule has 3 aromatic rings. The molecule has 2 fully saturated rings. The Hall–Kier alpha value is -3.92. The average molecular weight is 510 g/mol. The molecule has 0 aliphatic carbocycles. The predicted molar refractivity (Wildman–Crippen MR) is 130 cm³/mol. The summed E-state index contributed by atoms with van der Waals surface area (Å²) in [6.07, 6.45) is 3.90. The Bertz CT molecular complexity index is 1260. The van der Waals surface area contributed by atoms with Gasteiger partial charge < -0.3 is 24.4 Å². The molecule has 2 aliphatic rings. The molecule has 5 rings (SSSR count). The van der Waals surface area contributed by atoms with E-state index in [4.69, 9.17) is 25.8 Å². The second-order valence-corrected chi connectivity index (χ2v) is 8.96. The maximum Gasteiger partial charge on any atom is 0.410 e. The van der Waals surface area contributed by atoms with Gasteiger partial charge in [0.1, 0.15) is 29.7 Å². The SMILES string of the molecule is COc1nc(-c2ccnnc2)c(O[C@H]2CCN3C(=O)OC[C@@H]3C2)cc1C(=O)NCc1ccc(Cl)cc1. The van der Waals surface area contributed by atoms with Crippen LogP contribution in [0.15, 0.2) is 48.8 Å². The maximum absolute atomic E-state index is 13.1. The Balaban J connectivity index is 1.42. The van der Waals surface area contributed by atoms with Crippen molar-refractivity contribution in [3.63, 3.8) is 0 Å². The van der Waals surface area contributed by atoms with E-state index in [1.807, 2.05) is 12.1 Å². The van der Waals surface area contributed by atoms with Crippen LogP contribution in [0.3, 0.4) is 0 Å². The number of pyridine rings is 1.